The van der Waals surface area contributed by atoms with Crippen molar-refractivity contribution in [3.8, 4) is 0 Å². The van der Waals surface area contributed by atoms with Crippen molar-refractivity contribution in [2.75, 3.05) is 0 Å². The number of carbonyl (C=O) groups excluding carboxylic acids is 2. The van der Waals surface area contributed by atoms with E-state index in [1.165, 1.54) is 6.07 Å². The van der Waals surface area contributed by atoms with Gasteiger partial charge < -0.3 is 10.6 Å². The number of amides is 2. The summed E-state index contributed by atoms with van der Waals surface area (Å²) in [6, 6.07) is 4.05. The lowest BCUT2D eigenvalue weighted by Crippen LogP contribution is -2.50. The average Bonchev–Trinajstić information content (AvgIpc) is 2.90. The second-order valence-electron chi connectivity index (χ2n) is 6.89. The molecule has 0 aliphatic carbocycles. The van der Waals surface area contributed by atoms with E-state index in [4.69, 9.17) is 0 Å². The van der Waals surface area contributed by atoms with E-state index in [0.717, 1.165) is 27.5 Å². The molecule has 0 saturated carbocycles. The first-order valence-corrected chi connectivity index (χ1v) is 9.55. The summed E-state index contributed by atoms with van der Waals surface area (Å²) in [7, 11) is 0. The molecule has 146 valence electrons. The maximum atomic E-state index is 13.8. The van der Waals surface area contributed by atoms with E-state index in [1.54, 1.807) is 25.2 Å². The van der Waals surface area contributed by atoms with Gasteiger partial charge in [0.2, 0.25) is 5.91 Å². The van der Waals surface area contributed by atoms with Crippen molar-refractivity contribution < 1.29 is 18.4 Å². The van der Waals surface area contributed by atoms with Gasteiger partial charge in [0, 0.05) is 9.75 Å². The molecular weight excluding hydrogens is 370 g/mol. The van der Waals surface area contributed by atoms with Crippen molar-refractivity contribution in [2.24, 2.45) is 5.92 Å². The Hall–Kier alpha value is -2.28. The van der Waals surface area contributed by atoms with Crippen LogP contribution >= 0.6 is 11.3 Å². The Labute approximate surface area is 162 Å². The number of thiophene rings is 1. The summed E-state index contributed by atoms with van der Waals surface area (Å²) in [6.45, 7) is 9.36. The smallest absolute Gasteiger partial charge is 0.257 e. The van der Waals surface area contributed by atoms with Crippen LogP contribution in [0.25, 0.3) is 0 Å². The van der Waals surface area contributed by atoms with E-state index >= 15 is 0 Å². The maximum Gasteiger partial charge on any atom is 0.257 e. The Morgan fingerprint density at radius 1 is 1.04 bits per heavy atom. The molecule has 0 aliphatic rings. The lowest BCUT2D eigenvalue weighted by Gasteiger charge is -2.24. The van der Waals surface area contributed by atoms with Gasteiger partial charge in [0.15, 0.2) is 0 Å². The van der Waals surface area contributed by atoms with E-state index in [2.05, 4.69) is 10.6 Å². The third-order valence-electron chi connectivity index (χ3n) is 4.33. The number of nitrogens with one attached hydrogen (secondary N) is 2. The van der Waals surface area contributed by atoms with E-state index in [-0.39, 0.29) is 12.0 Å². The molecule has 0 unspecified atom stereocenters. The average molecular weight is 394 g/mol. The van der Waals surface area contributed by atoms with Crippen molar-refractivity contribution in [3.05, 3.63) is 56.8 Å². The number of carbonyl (C=O) groups is 2. The third-order valence-corrected chi connectivity index (χ3v) is 5.31. The summed E-state index contributed by atoms with van der Waals surface area (Å²) in [5.74, 6) is -3.54. The largest absolute Gasteiger partial charge is 0.348 e. The number of hydrogen-bond acceptors (Lipinski definition) is 3. The maximum absolute atomic E-state index is 13.8. The molecule has 0 saturated heterocycles. The lowest BCUT2D eigenvalue weighted by atomic mass is 10.0. The van der Waals surface area contributed by atoms with Gasteiger partial charge in [0.05, 0.1) is 6.04 Å². The zero-order valence-corrected chi connectivity index (χ0v) is 16.8. The fourth-order valence-electron chi connectivity index (χ4n) is 2.92. The van der Waals surface area contributed by atoms with E-state index in [0.29, 0.717) is 0 Å². The minimum atomic E-state index is -0.965. The quantitative estimate of drug-likeness (QED) is 0.769. The van der Waals surface area contributed by atoms with Crippen LogP contribution in [0.1, 0.15) is 52.5 Å². The topological polar surface area (TPSA) is 58.2 Å². The minimum absolute atomic E-state index is 0.245. The number of rotatable bonds is 6. The first-order chi connectivity index (χ1) is 12.6. The van der Waals surface area contributed by atoms with Crippen LogP contribution in [0.3, 0.4) is 0 Å². The summed E-state index contributed by atoms with van der Waals surface area (Å²) in [5.41, 5.74) is 0.327. The molecule has 1 aromatic heterocycles. The van der Waals surface area contributed by atoms with Crippen molar-refractivity contribution in [1.82, 2.24) is 10.6 Å². The van der Waals surface area contributed by atoms with Crippen LogP contribution in [-0.2, 0) is 4.79 Å². The van der Waals surface area contributed by atoms with Crippen LogP contribution in [0.15, 0.2) is 24.3 Å². The van der Waals surface area contributed by atoms with E-state index < -0.39 is 35.1 Å². The highest BCUT2D eigenvalue weighted by molar-refractivity contribution is 7.12. The summed E-state index contributed by atoms with van der Waals surface area (Å²) < 4.78 is 27.7. The summed E-state index contributed by atoms with van der Waals surface area (Å²) in [6.07, 6.45) is 0. The molecule has 2 rings (SSSR count). The molecule has 0 radical (unpaired) electrons. The van der Waals surface area contributed by atoms with Crippen molar-refractivity contribution in [1.29, 1.82) is 0 Å². The van der Waals surface area contributed by atoms with Crippen molar-refractivity contribution >= 4 is 23.2 Å². The van der Waals surface area contributed by atoms with Crippen LogP contribution in [0, 0.1) is 31.4 Å². The molecule has 2 amide bonds. The molecule has 7 heteroatoms. The zero-order chi connectivity index (χ0) is 20.3. The highest BCUT2D eigenvalue weighted by atomic mass is 32.1. The fraction of sp³-hybridized carbons (Fsp3) is 0.400. The minimum Gasteiger partial charge on any atom is -0.348 e. The molecule has 0 bridgehead atoms. The van der Waals surface area contributed by atoms with Gasteiger partial charge in [-0.25, -0.2) is 8.78 Å². The normalized spacial score (nSPS) is 13.3. The standard InChI is InChI=1S/C20H24F2N2O2S/c1-10(2)18(24-19(25)17-15(21)7-6-8-16(17)22)20(26)23-12(4)14-9-11(3)27-13(14)5/h6-10,12,18H,1-5H3,(H,23,26)(H,24,25)/t12-,18+/m0/s1. The van der Waals surface area contributed by atoms with Gasteiger partial charge in [-0.3, -0.25) is 9.59 Å². The van der Waals surface area contributed by atoms with Gasteiger partial charge in [-0.2, -0.15) is 0 Å². The highest BCUT2D eigenvalue weighted by Crippen LogP contribution is 2.26. The Balaban J connectivity index is 2.15. The van der Waals surface area contributed by atoms with E-state index in [1.807, 2.05) is 26.8 Å². The molecule has 27 heavy (non-hydrogen) atoms. The second-order valence-corrected chi connectivity index (χ2v) is 8.35. The van der Waals surface area contributed by atoms with Crippen molar-refractivity contribution in [2.45, 2.75) is 46.7 Å². The first-order valence-electron chi connectivity index (χ1n) is 8.74. The van der Waals surface area contributed by atoms with Gasteiger partial charge in [0.1, 0.15) is 23.2 Å². The van der Waals surface area contributed by atoms with Gasteiger partial charge in [-0.15, -0.1) is 11.3 Å². The predicted octanol–water partition coefficient (Wildman–Crippen LogP) is 4.27. The number of halogens is 2. The van der Waals surface area contributed by atoms with Gasteiger partial charge in [-0.1, -0.05) is 19.9 Å². The highest BCUT2D eigenvalue weighted by Gasteiger charge is 2.28. The lowest BCUT2D eigenvalue weighted by molar-refractivity contribution is -0.124. The molecular formula is C20H24F2N2O2S. The van der Waals surface area contributed by atoms with Crippen LogP contribution < -0.4 is 10.6 Å². The summed E-state index contributed by atoms with van der Waals surface area (Å²) >= 11 is 1.65. The number of hydrogen-bond donors (Lipinski definition) is 2. The molecule has 2 N–H and O–H groups in total. The van der Waals surface area contributed by atoms with Gasteiger partial charge in [-0.05, 0) is 50.5 Å². The van der Waals surface area contributed by atoms with Crippen LogP contribution in [-0.4, -0.2) is 17.9 Å². The number of benzene rings is 1. The first kappa shape index (κ1) is 21.0. The second kappa shape index (κ2) is 8.61. The predicted molar refractivity (Wildman–Crippen MR) is 103 cm³/mol. The third kappa shape index (κ3) is 4.91. The van der Waals surface area contributed by atoms with Gasteiger partial charge in [0.25, 0.3) is 5.91 Å². The summed E-state index contributed by atoms with van der Waals surface area (Å²) in [5, 5.41) is 5.35. The molecule has 2 atom stereocenters. The van der Waals surface area contributed by atoms with Crippen LogP contribution in [0.4, 0.5) is 8.78 Å². The Morgan fingerprint density at radius 2 is 1.63 bits per heavy atom. The number of aryl methyl sites for hydroxylation is 2. The molecule has 4 nitrogen and oxygen atoms in total. The molecule has 1 aromatic carbocycles. The molecule has 0 aliphatic heterocycles. The Bertz CT molecular complexity index is 828. The SMILES string of the molecule is Cc1cc([C@H](C)NC(=O)[C@H](NC(=O)c2c(F)cccc2F)C(C)C)c(C)s1. The van der Waals surface area contributed by atoms with Crippen LogP contribution in [0.2, 0.25) is 0 Å². The van der Waals surface area contributed by atoms with E-state index in [9.17, 15) is 18.4 Å². The fourth-order valence-corrected chi connectivity index (χ4v) is 3.95. The van der Waals surface area contributed by atoms with Crippen LogP contribution in [0.5, 0.6) is 0 Å². The monoisotopic (exact) mass is 394 g/mol. The molecule has 0 fully saturated rings. The molecule has 0 spiro atoms. The molecule has 1 heterocycles. The van der Waals surface area contributed by atoms with Crippen molar-refractivity contribution in [3.63, 3.8) is 0 Å². The zero-order valence-electron chi connectivity index (χ0n) is 16.0. The Morgan fingerprint density at radius 3 is 2.11 bits per heavy atom. The molecule has 2 aromatic rings. The van der Waals surface area contributed by atoms with Gasteiger partial charge >= 0.3 is 0 Å². The Kier molecular flexibility index (Phi) is 6.70. The summed E-state index contributed by atoms with van der Waals surface area (Å²) in [4.78, 5) is 27.3.